The minimum absolute atomic E-state index is 0.0473. The fourth-order valence-electron chi connectivity index (χ4n) is 2.06. The quantitative estimate of drug-likeness (QED) is 0.608. The van der Waals surface area contributed by atoms with E-state index in [4.69, 9.17) is 10.5 Å². The van der Waals surface area contributed by atoms with Gasteiger partial charge in [0.05, 0.1) is 6.61 Å². The molecule has 1 heterocycles. The average Bonchev–Trinajstić information content (AvgIpc) is 2.78. The number of benzene rings is 1. The van der Waals surface area contributed by atoms with E-state index in [9.17, 15) is 14.1 Å². The summed E-state index contributed by atoms with van der Waals surface area (Å²) in [5.41, 5.74) is 2.87. The molecule has 1 aromatic rings. The lowest BCUT2D eigenvalue weighted by molar-refractivity contribution is -0.171. The van der Waals surface area contributed by atoms with Crippen LogP contribution < -0.4 is 11.1 Å². The molecule has 2 rings (SSSR count). The Hall–Kier alpha value is -1.91. The highest BCUT2D eigenvalue weighted by molar-refractivity contribution is 7.97. The van der Waals surface area contributed by atoms with Crippen molar-refractivity contribution >= 4 is 23.9 Å². The van der Waals surface area contributed by atoms with Gasteiger partial charge in [0.1, 0.15) is 5.37 Å². The van der Waals surface area contributed by atoms with Crippen LogP contribution in [-0.4, -0.2) is 52.7 Å². The Morgan fingerprint density at radius 2 is 2.04 bits per heavy atom. The van der Waals surface area contributed by atoms with Crippen LogP contribution in [0.2, 0.25) is 0 Å². The molecule has 24 heavy (non-hydrogen) atoms. The second-order valence-electron chi connectivity index (χ2n) is 5.38. The van der Waals surface area contributed by atoms with Crippen LogP contribution in [0.15, 0.2) is 30.3 Å². The Labute approximate surface area is 142 Å². The molecule has 1 aromatic carbocycles. The number of nitrogens with two attached hydrogens (primary N) is 1. The fourth-order valence-corrected chi connectivity index (χ4v) is 3.13. The first-order chi connectivity index (χ1) is 11.3. The van der Waals surface area contributed by atoms with E-state index >= 15 is 4.39 Å². The zero-order valence-electron chi connectivity index (χ0n) is 13.1. The van der Waals surface area contributed by atoms with E-state index in [1.165, 1.54) is 14.1 Å². The number of ether oxygens (including phenoxy) is 1. The molecule has 3 atom stereocenters. The zero-order valence-corrected chi connectivity index (χ0v) is 13.9. The van der Waals surface area contributed by atoms with E-state index in [1.807, 2.05) is 0 Å². The van der Waals surface area contributed by atoms with Crippen LogP contribution in [0.5, 0.6) is 0 Å². The Balaban J connectivity index is 2.16. The van der Waals surface area contributed by atoms with Gasteiger partial charge in [-0.2, -0.15) is 0 Å². The molecule has 0 saturated carbocycles. The van der Waals surface area contributed by atoms with Gasteiger partial charge in [-0.15, -0.1) is 4.48 Å². The van der Waals surface area contributed by atoms with Crippen LogP contribution in [0.25, 0.3) is 0 Å². The first-order valence-electron chi connectivity index (χ1n) is 7.00. The SMILES string of the molecule is CN(C)C(=O)NC1SN(F)C(OCc2ccccc2)C1(F)C(N)=O. The standard InChI is InChI=1S/C14H18F2N4O3S/c1-19(2)13(22)18-11-14(15,10(17)21)12(20(16)24-11)23-8-9-6-4-3-5-7-9/h3-7,11-12H,8H2,1-2H3,(H2,17,21)(H,18,22). The van der Waals surface area contributed by atoms with Crippen molar-refractivity contribution in [1.82, 2.24) is 14.7 Å². The normalized spacial score (nSPS) is 27.0. The average molecular weight is 360 g/mol. The number of hydrogen-bond donors (Lipinski definition) is 2. The van der Waals surface area contributed by atoms with Gasteiger partial charge in [0.25, 0.3) is 11.6 Å². The monoisotopic (exact) mass is 360 g/mol. The van der Waals surface area contributed by atoms with E-state index in [2.05, 4.69) is 5.32 Å². The molecule has 0 spiro atoms. The summed E-state index contributed by atoms with van der Waals surface area (Å²) in [4.78, 5) is 24.5. The van der Waals surface area contributed by atoms with Gasteiger partial charge in [-0.3, -0.25) is 4.79 Å². The fraction of sp³-hybridized carbons (Fsp3) is 0.429. The summed E-state index contributed by atoms with van der Waals surface area (Å²) in [6.45, 7) is -0.125. The lowest BCUT2D eigenvalue weighted by Gasteiger charge is -2.28. The molecule has 3 amide bonds. The van der Waals surface area contributed by atoms with Crippen molar-refractivity contribution in [3.05, 3.63) is 35.9 Å². The molecule has 0 aliphatic carbocycles. The highest BCUT2D eigenvalue weighted by Gasteiger charge is 2.63. The maximum Gasteiger partial charge on any atom is 0.317 e. The Morgan fingerprint density at radius 3 is 2.58 bits per heavy atom. The van der Waals surface area contributed by atoms with Gasteiger partial charge < -0.3 is 20.7 Å². The molecule has 3 N–H and O–H groups in total. The lowest BCUT2D eigenvalue weighted by atomic mass is 10.0. The second kappa shape index (κ2) is 7.32. The first kappa shape index (κ1) is 18.4. The maximum absolute atomic E-state index is 15.2. The number of nitrogens with one attached hydrogen (secondary N) is 1. The number of halogens is 2. The van der Waals surface area contributed by atoms with Crippen LogP contribution >= 0.6 is 11.9 Å². The smallest absolute Gasteiger partial charge is 0.317 e. The Kier molecular flexibility index (Phi) is 5.62. The summed E-state index contributed by atoms with van der Waals surface area (Å²) >= 11 is 0.297. The number of amides is 3. The molecule has 1 aliphatic heterocycles. The van der Waals surface area contributed by atoms with Gasteiger partial charge in [-0.1, -0.05) is 34.9 Å². The third-order valence-electron chi connectivity index (χ3n) is 3.42. The molecular weight excluding hydrogens is 342 g/mol. The van der Waals surface area contributed by atoms with Gasteiger partial charge in [0.15, 0.2) is 6.23 Å². The zero-order chi connectivity index (χ0) is 17.9. The molecule has 10 heteroatoms. The number of rotatable bonds is 5. The van der Waals surface area contributed by atoms with Crippen molar-refractivity contribution in [3.63, 3.8) is 0 Å². The topological polar surface area (TPSA) is 87.9 Å². The van der Waals surface area contributed by atoms with E-state index in [-0.39, 0.29) is 11.1 Å². The molecule has 1 aliphatic rings. The van der Waals surface area contributed by atoms with Gasteiger partial charge in [0, 0.05) is 14.1 Å². The predicted octanol–water partition coefficient (Wildman–Crippen LogP) is 1.17. The van der Waals surface area contributed by atoms with Crippen molar-refractivity contribution < 1.29 is 23.2 Å². The molecule has 0 radical (unpaired) electrons. The van der Waals surface area contributed by atoms with Crippen LogP contribution in [0, 0.1) is 0 Å². The highest BCUT2D eigenvalue weighted by atomic mass is 32.2. The molecule has 0 bridgehead atoms. The van der Waals surface area contributed by atoms with Crippen molar-refractivity contribution in [2.75, 3.05) is 14.1 Å². The van der Waals surface area contributed by atoms with Gasteiger partial charge >= 0.3 is 6.03 Å². The largest absolute Gasteiger partial charge is 0.367 e. The van der Waals surface area contributed by atoms with Crippen molar-refractivity contribution in [2.45, 2.75) is 23.9 Å². The van der Waals surface area contributed by atoms with Crippen LogP contribution in [0.4, 0.5) is 13.7 Å². The van der Waals surface area contributed by atoms with Crippen LogP contribution in [0.3, 0.4) is 0 Å². The summed E-state index contributed by atoms with van der Waals surface area (Å²) in [6.07, 6.45) is -1.88. The Bertz CT molecular complexity index is 607. The number of alkyl halides is 1. The third kappa shape index (κ3) is 3.60. The molecular formula is C14H18F2N4O3S. The summed E-state index contributed by atoms with van der Waals surface area (Å²) in [7, 11) is 2.85. The second-order valence-corrected chi connectivity index (χ2v) is 6.41. The molecule has 1 saturated heterocycles. The lowest BCUT2D eigenvalue weighted by Crippen LogP contribution is -2.60. The maximum atomic E-state index is 15.2. The summed E-state index contributed by atoms with van der Waals surface area (Å²) in [5, 5.41) is 0.676. The van der Waals surface area contributed by atoms with Crippen molar-refractivity contribution in [3.8, 4) is 0 Å². The highest BCUT2D eigenvalue weighted by Crippen LogP contribution is 2.44. The number of urea groups is 1. The van der Waals surface area contributed by atoms with E-state index in [0.717, 1.165) is 4.90 Å². The van der Waals surface area contributed by atoms with Crippen molar-refractivity contribution in [2.24, 2.45) is 5.73 Å². The molecule has 7 nitrogen and oxygen atoms in total. The number of carbonyl (C=O) groups excluding carboxylic acids is 2. The predicted molar refractivity (Wildman–Crippen MR) is 84.6 cm³/mol. The summed E-state index contributed by atoms with van der Waals surface area (Å²) in [6, 6.07) is 8.00. The van der Waals surface area contributed by atoms with E-state index < -0.39 is 29.2 Å². The van der Waals surface area contributed by atoms with E-state index in [1.54, 1.807) is 30.3 Å². The summed E-state index contributed by atoms with van der Waals surface area (Å²) in [5.74, 6) is -1.42. The molecule has 132 valence electrons. The van der Waals surface area contributed by atoms with Crippen LogP contribution in [-0.2, 0) is 16.1 Å². The molecule has 0 aromatic heterocycles. The molecule has 3 unspecified atom stereocenters. The number of hydrogen-bond acceptors (Lipinski definition) is 5. The molecule has 1 fully saturated rings. The number of primary amides is 1. The number of nitrogens with zero attached hydrogens (tertiary/aromatic N) is 2. The van der Waals surface area contributed by atoms with Gasteiger partial charge in [-0.05, 0) is 17.5 Å². The van der Waals surface area contributed by atoms with Gasteiger partial charge in [-0.25, -0.2) is 9.18 Å². The Morgan fingerprint density at radius 1 is 1.42 bits per heavy atom. The first-order valence-corrected chi connectivity index (χ1v) is 7.84. The van der Waals surface area contributed by atoms with Crippen molar-refractivity contribution in [1.29, 1.82) is 0 Å². The number of carbonyl (C=O) groups is 2. The summed E-state index contributed by atoms with van der Waals surface area (Å²) < 4.78 is 34.5. The minimum atomic E-state index is -2.93. The van der Waals surface area contributed by atoms with Gasteiger partial charge in [0.2, 0.25) is 0 Å². The van der Waals surface area contributed by atoms with Crippen LogP contribution in [0.1, 0.15) is 5.56 Å². The van der Waals surface area contributed by atoms with E-state index in [0.29, 0.717) is 17.5 Å². The third-order valence-corrected chi connectivity index (χ3v) is 4.49. The minimum Gasteiger partial charge on any atom is -0.367 e.